The monoisotopic (exact) mass is 177 g/mol. The van der Waals surface area contributed by atoms with Crippen LogP contribution in [-0.4, -0.2) is 25.0 Å². The second-order valence-electron chi connectivity index (χ2n) is 3.71. The maximum Gasteiger partial charge on any atom is 0.00472 e. The highest BCUT2D eigenvalue weighted by molar-refractivity contribution is 5.24. The number of piperidine rings is 1. The molecular formula is C12H19N. The zero-order valence-corrected chi connectivity index (χ0v) is 8.50. The number of allylic oxidation sites excluding steroid dienone is 3. The smallest absolute Gasteiger partial charge is 0.00472 e. The zero-order valence-electron chi connectivity index (χ0n) is 8.50. The van der Waals surface area contributed by atoms with Gasteiger partial charge in [0.15, 0.2) is 0 Å². The summed E-state index contributed by atoms with van der Waals surface area (Å²) >= 11 is 0. The van der Waals surface area contributed by atoms with Gasteiger partial charge in [-0.3, -0.25) is 0 Å². The van der Waals surface area contributed by atoms with Gasteiger partial charge in [-0.15, -0.1) is 0 Å². The van der Waals surface area contributed by atoms with E-state index in [1.54, 1.807) is 0 Å². The molecule has 0 aliphatic carbocycles. The van der Waals surface area contributed by atoms with Crippen molar-refractivity contribution in [2.75, 3.05) is 20.1 Å². The van der Waals surface area contributed by atoms with Gasteiger partial charge in [0.1, 0.15) is 0 Å². The number of rotatable bonds is 3. The molecule has 1 saturated heterocycles. The van der Waals surface area contributed by atoms with E-state index in [1.165, 1.54) is 25.0 Å². The number of likely N-dealkylation sites (tertiary alicyclic amines) is 1. The average molecular weight is 177 g/mol. The molecule has 1 fully saturated rings. The molecule has 0 bridgehead atoms. The minimum atomic E-state index is 0.661. The lowest BCUT2D eigenvalue weighted by molar-refractivity contribution is 0.233. The molecule has 0 aromatic carbocycles. The minimum absolute atomic E-state index is 0.661. The highest BCUT2D eigenvalue weighted by Crippen LogP contribution is 2.23. The molecule has 1 heterocycles. The fourth-order valence-corrected chi connectivity index (χ4v) is 1.95. The van der Waals surface area contributed by atoms with Crippen LogP contribution in [0.2, 0.25) is 0 Å². The molecule has 0 saturated carbocycles. The van der Waals surface area contributed by atoms with Gasteiger partial charge >= 0.3 is 0 Å². The summed E-state index contributed by atoms with van der Waals surface area (Å²) in [5.41, 5.74) is 1.33. The van der Waals surface area contributed by atoms with Crippen LogP contribution in [0.4, 0.5) is 0 Å². The van der Waals surface area contributed by atoms with E-state index in [0.29, 0.717) is 5.92 Å². The van der Waals surface area contributed by atoms with Crippen LogP contribution in [0.5, 0.6) is 0 Å². The van der Waals surface area contributed by atoms with Crippen molar-refractivity contribution in [2.24, 2.45) is 5.92 Å². The Morgan fingerprint density at radius 1 is 1.46 bits per heavy atom. The summed E-state index contributed by atoms with van der Waals surface area (Å²) in [6.07, 6.45) is 8.48. The topological polar surface area (TPSA) is 3.24 Å². The van der Waals surface area contributed by atoms with Gasteiger partial charge in [0.2, 0.25) is 0 Å². The molecule has 1 aliphatic rings. The Hall–Kier alpha value is -0.820. The van der Waals surface area contributed by atoms with Gasteiger partial charge in [0.25, 0.3) is 0 Å². The van der Waals surface area contributed by atoms with Crippen LogP contribution < -0.4 is 0 Å². The van der Waals surface area contributed by atoms with Crippen LogP contribution in [0.3, 0.4) is 0 Å². The minimum Gasteiger partial charge on any atom is -0.306 e. The number of nitrogens with zero attached hydrogens (tertiary/aromatic N) is 1. The van der Waals surface area contributed by atoms with Crippen LogP contribution in [0.1, 0.15) is 12.8 Å². The van der Waals surface area contributed by atoms with Crippen molar-refractivity contribution in [3.05, 3.63) is 37.0 Å². The van der Waals surface area contributed by atoms with Crippen LogP contribution in [0, 0.1) is 5.92 Å². The summed E-state index contributed by atoms with van der Waals surface area (Å²) in [6.45, 7) is 9.96. The molecule has 72 valence electrons. The van der Waals surface area contributed by atoms with Crippen LogP contribution in [0.25, 0.3) is 0 Å². The summed E-state index contributed by atoms with van der Waals surface area (Å²) < 4.78 is 0. The third-order valence-electron chi connectivity index (χ3n) is 2.64. The Morgan fingerprint density at radius 2 is 2.23 bits per heavy atom. The molecule has 1 heteroatoms. The predicted octanol–water partition coefficient (Wildman–Crippen LogP) is 2.63. The standard InChI is InChI=1S/C12H19N/c1-4-7-11(5-2)12-8-6-9-13(3)10-12/h4-5,7,12H,1-2,6,8-10H2,3H3/b11-7+. The third-order valence-corrected chi connectivity index (χ3v) is 2.64. The molecule has 0 aromatic heterocycles. The molecule has 0 amide bonds. The van der Waals surface area contributed by atoms with Crippen LogP contribution >= 0.6 is 0 Å². The summed E-state index contributed by atoms with van der Waals surface area (Å²) in [7, 11) is 2.18. The lowest BCUT2D eigenvalue weighted by Crippen LogP contribution is -2.32. The van der Waals surface area contributed by atoms with E-state index in [1.807, 2.05) is 12.2 Å². The second kappa shape index (κ2) is 5.03. The first-order chi connectivity index (χ1) is 6.27. The highest BCUT2D eigenvalue weighted by Gasteiger charge is 2.18. The van der Waals surface area contributed by atoms with E-state index in [-0.39, 0.29) is 0 Å². The maximum absolute atomic E-state index is 3.85. The van der Waals surface area contributed by atoms with Gasteiger partial charge in [0.05, 0.1) is 0 Å². The van der Waals surface area contributed by atoms with Crippen molar-refractivity contribution in [1.82, 2.24) is 4.90 Å². The van der Waals surface area contributed by atoms with Crippen molar-refractivity contribution in [2.45, 2.75) is 12.8 Å². The first-order valence-corrected chi connectivity index (χ1v) is 4.91. The normalized spacial score (nSPS) is 25.6. The molecule has 1 nitrogen and oxygen atoms in total. The highest BCUT2D eigenvalue weighted by atomic mass is 15.1. The van der Waals surface area contributed by atoms with Crippen molar-refractivity contribution in [3.63, 3.8) is 0 Å². The van der Waals surface area contributed by atoms with E-state index in [2.05, 4.69) is 31.2 Å². The van der Waals surface area contributed by atoms with Crippen LogP contribution in [-0.2, 0) is 0 Å². The lowest BCUT2D eigenvalue weighted by atomic mass is 9.90. The molecule has 0 spiro atoms. The molecule has 1 atom stereocenters. The first kappa shape index (κ1) is 10.3. The van der Waals surface area contributed by atoms with Gasteiger partial charge in [-0.05, 0) is 37.9 Å². The summed E-state index contributed by atoms with van der Waals surface area (Å²) in [5, 5.41) is 0. The molecule has 0 radical (unpaired) electrons. The third kappa shape index (κ3) is 2.85. The Kier molecular flexibility index (Phi) is 3.97. The van der Waals surface area contributed by atoms with Gasteiger partial charge in [-0.25, -0.2) is 0 Å². The fourth-order valence-electron chi connectivity index (χ4n) is 1.95. The number of hydrogen-bond donors (Lipinski definition) is 0. The summed E-state index contributed by atoms with van der Waals surface area (Å²) in [6, 6.07) is 0. The quantitative estimate of drug-likeness (QED) is 0.599. The largest absolute Gasteiger partial charge is 0.306 e. The zero-order chi connectivity index (χ0) is 9.68. The van der Waals surface area contributed by atoms with Crippen molar-refractivity contribution >= 4 is 0 Å². The molecule has 0 aromatic rings. The van der Waals surface area contributed by atoms with Gasteiger partial charge in [0, 0.05) is 6.54 Å². The maximum atomic E-state index is 3.85. The summed E-state index contributed by atoms with van der Waals surface area (Å²) in [5.74, 6) is 0.661. The van der Waals surface area contributed by atoms with E-state index < -0.39 is 0 Å². The molecule has 1 unspecified atom stereocenters. The molecule has 13 heavy (non-hydrogen) atoms. The van der Waals surface area contributed by atoms with E-state index in [4.69, 9.17) is 0 Å². The van der Waals surface area contributed by atoms with Crippen molar-refractivity contribution in [3.8, 4) is 0 Å². The van der Waals surface area contributed by atoms with E-state index >= 15 is 0 Å². The van der Waals surface area contributed by atoms with Crippen molar-refractivity contribution in [1.29, 1.82) is 0 Å². The second-order valence-corrected chi connectivity index (χ2v) is 3.71. The average Bonchev–Trinajstić information content (AvgIpc) is 2.14. The summed E-state index contributed by atoms with van der Waals surface area (Å²) in [4.78, 5) is 2.38. The van der Waals surface area contributed by atoms with E-state index in [9.17, 15) is 0 Å². The lowest BCUT2D eigenvalue weighted by Gasteiger charge is -2.30. The molecule has 0 N–H and O–H groups in total. The first-order valence-electron chi connectivity index (χ1n) is 4.91. The van der Waals surface area contributed by atoms with Crippen molar-refractivity contribution < 1.29 is 0 Å². The Labute approximate surface area is 81.4 Å². The number of hydrogen-bond acceptors (Lipinski definition) is 1. The van der Waals surface area contributed by atoms with E-state index in [0.717, 1.165) is 6.54 Å². The van der Waals surface area contributed by atoms with Crippen LogP contribution in [0.15, 0.2) is 37.0 Å². The molecule has 1 aliphatic heterocycles. The molecule has 1 rings (SSSR count). The Balaban J connectivity index is 2.62. The Bertz CT molecular complexity index is 215. The van der Waals surface area contributed by atoms with Gasteiger partial charge in [-0.2, -0.15) is 0 Å². The van der Waals surface area contributed by atoms with Gasteiger partial charge in [-0.1, -0.05) is 31.4 Å². The Morgan fingerprint density at radius 3 is 2.77 bits per heavy atom. The molecular weight excluding hydrogens is 158 g/mol. The fraction of sp³-hybridized carbons (Fsp3) is 0.500. The van der Waals surface area contributed by atoms with Gasteiger partial charge < -0.3 is 4.90 Å². The predicted molar refractivity (Wildman–Crippen MR) is 58.7 cm³/mol. The SMILES string of the molecule is C=C/C=C(\C=C)C1CCCN(C)C1.